The number of aromatic nitrogens is 2. The van der Waals surface area contributed by atoms with Crippen LogP contribution >= 0.6 is 0 Å². The summed E-state index contributed by atoms with van der Waals surface area (Å²) in [7, 11) is 0. The van der Waals surface area contributed by atoms with E-state index in [1.54, 1.807) is 4.90 Å². The zero-order chi connectivity index (χ0) is 33.6. The number of allylic oxidation sites excluding steroid dienone is 1. The largest absolute Gasteiger partial charge is 0.444 e. The van der Waals surface area contributed by atoms with Crippen molar-refractivity contribution in [1.82, 2.24) is 14.7 Å². The number of carbonyl (C=O) groups is 1. The number of carbonyl (C=O) groups excluding carboxylic acids is 1. The second kappa shape index (κ2) is 12.9. The number of hydrogen-bond acceptors (Lipinski definition) is 6. The van der Waals surface area contributed by atoms with Gasteiger partial charge in [-0.15, -0.1) is 5.10 Å². The fraction of sp³-hybridized carbons (Fsp3) is 0.579. The number of nitrogens with zero attached hydrogens (tertiary/aromatic N) is 4. The molecule has 1 amide bonds. The number of amides is 1. The maximum atomic E-state index is 15.4. The molecule has 4 heterocycles. The smallest absolute Gasteiger partial charge is 0.410 e. The summed E-state index contributed by atoms with van der Waals surface area (Å²) in [5, 5.41) is 4.91. The maximum Gasteiger partial charge on any atom is 0.410 e. The van der Waals surface area contributed by atoms with Gasteiger partial charge in [-0.2, -0.15) is 4.39 Å². The molecule has 3 aliphatic rings. The van der Waals surface area contributed by atoms with Crippen molar-refractivity contribution in [3.63, 3.8) is 0 Å². The molecule has 0 radical (unpaired) electrons. The van der Waals surface area contributed by atoms with Gasteiger partial charge < -0.3 is 24.0 Å². The third kappa shape index (κ3) is 7.83. The average molecular weight is 647 g/mol. The summed E-state index contributed by atoms with van der Waals surface area (Å²) in [5.41, 5.74) is 4.08. The van der Waals surface area contributed by atoms with Gasteiger partial charge in [-0.05, 0) is 121 Å². The SMILES string of the molecule is CC(C)(C)OC(=O)N1CCN(c2ccc(C(=CC3CC(C)(C)OC(C)(C)C3)c3ccc4c(c3)c(F)nn4C3CCOCC3)cc2)CC1. The lowest BCUT2D eigenvalue weighted by Gasteiger charge is -2.45. The average Bonchev–Trinajstić information content (AvgIpc) is 3.34. The van der Waals surface area contributed by atoms with Gasteiger partial charge in [0.15, 0.2) is 0 Å². The van der Waals surface area contributed by atoms with Crippen LogP contribution in [0.3, 0.4) is 0 Å². The number of piperazine rings is 1. The first-order chi connectivity index (χ1) is 22.2. The van der Waals surface area contributed by atoms with Crippen LogP contribution in [0, 0.1) is 11.9 Å². The molecule has 254 valence electrons. The van der Waals surface area contributed by atoms with E-state index in [-0.39, 0.29) is 29.3 Å². The van der Waals surface area contributed by atoms with Crippen LogP contribution in [0.25, 0.3) is 16.5 Å². The maximum absolute atomic E-state index is 15.4. The first-order valence-corrected chi connectivity index (χ1v) is 17.2. The third-order valence-electron chi connectivity index (χ3n) is 9.45. The lowest BCUT2D eigenvalue weighted by atomic mass is 9.79. The van der Waals surface area contributed by atoms with Crippen LogP contribution in [0.4, 0.5) is 14.9 Å². The zero-order valence-electron chi connectivity index (χ0n) is 29.1. The molecule has 0 bridgehead atoms. The molecular formula is C38H51FN4O4. The van der Waals surface area contributed by atoms with Crippen molar-refractivity contribution in [3.05, 3.63) is 65.6 Å². The minimum absolute atomic E-state index is 0.141. The lowest BCUT2D eigenvalue weighted by Crippen LogP contribution is -2.50. The van der Waals surface area contributed by atoms with Gasteiger partial charge in [0.05, 0.1) is 28.1 Å². The normalized spacial score (nSPS) is 21.3. The molecule has 3 saturated heterocycles. The van der Waals surface area contributed by atoms with Gasteiger partial charge in [-0.3, -0.25) is 4.68 Å². The van der Waals surface area contributed by atoms with E-state index in [9.17, 15) is 4.79 Å². The highest BCUT2D eigenvalue weighted by molar-refractivity contribution is 5.88. The Balaban J connectivity index is 1.29. The van der Waals surface area contributed by atoms with E-state index in [0.717, 1.165) is 66.7 Å². The molecule has 0 N–H and O–H groups in total. The van der Waals surface area contributed by atoms with Crippen LogP contribution in [-0.2, 0) is 14.2 Å². The fourth-order valence-corrected chi connectivity index (χ4v) is 7.68. The molecule has 8 nitrogen and oxygen atoms in total. The van der Waals surface area contributed by atoms with Crippen molar-refractivity contribution in [2.24, 2.45) is 5.92 Å². The summed E-state index contributed by atoms with van der Waals surface area (Å²) < 4.78 is 34.8. The Hall–Kier alpha value is -3.43. The summed E-state index contributed by atoms with van der Waals surface area (Å²) in [6.07, 6.45) is 5.59. The molecule has 3 aliphatic heterocycles. The predicted molar refractivity (Wildman–Crippen MR) is 184 cm³/mol. The molecule has 6 rings (SSSR count). The van der Waals surface area contributed by atoms with Crippen LogP contribution in [0.2, 0.25) is 0 Å². The van der Waals surface area contributed by atoms with Crippen molar-refractivity contribution in [3.8, 4) is 0 Å². The van der Waals surface area contributed by atoms with E-state index < -0.39 is 11.5 Å². The van der Waals surface area contributed by atoms with Crippen molar-refractivity contribution in [2.75, 3.05) is 44.3 Å². The van der Waals surface area contributed by atoms with E-state index in [1.807, 2.05) is 37.6 Å². The minimum atomic E-state index is -0.507. The first kappa shape index (κ1) is 33.5. The molecule has 1 aromatic heterocycles. The minimum Gasteiger partial charge on any atom is -0.444 e. The van der Waals surface area contributed by atoms with Crippen LogP contribution in [0.5, 0.6) is 0 Å². The van der Waals surface area contributed by atoms with Crippen LogP contribution in [0.15, 0.2) is 48.5 Å². The zero-order valence-corrected chi connectivity index (χ0v) is 29.1. The monoisotopic (exact) mass is 646 g/mol. The number of rotatable bonds is 5. The highest BCUT2D eigenvalue weighted by atomic mass is 19.1. The number of anilines is 1. The fourth-order valence-electron chi connectivity index (χ4n) is 7.68. The van der Waals surface area contributed by atoms with Crippen LogP contribution in [0.1, 0.15) is 91.3 Å². The van der Waals surface area contributed by atoms with Gasteiger partial charge in [0.25, 0.3) is 0 Å². The lowest BCUT2D eigenvalue weighted by molar-refractivity contribution is -0.166. The van der Waals surface area contributed by atoms with Crippen molar-refractivity contribution in [1.29, 1.82) is 0 Å². The van der Waals surface area contributed by atoms with Gasteiger partial charge >= 0.3 is 6.09 Å². The summed E-state index contributed by atoms with van der Waals surface area (Å²) in [6.45, 7) is 18.4. The molecule has 9 heteroatoms. The van der Waals surface area contributed by atoms with Gasteiger partial charge in [0, 0.05) is 45.1 Å². The number of ether oxygens (including phenoxy) is 3. The molecule has 0 aliphatic carbocycles. The van der Waals surface area contributed by atoms with Gasteiger partial charge in [0.2, 0.25) is 5.95 Å². The highest BCUT2D eigenvalue weighted by Gasteiger charge is 2.38. The van der Waals surface area contributed by atoms with E-state index in [1.165, 1.54) is 0 Å². The molecule has 47 heavy (non-hydrogen) atoms. The second-order valence-electron chi connectivity index (χ2n) is 15.7. The molecule has 3 aromatic rings. The Kier molecular flexibility index (Phi) is 9.17. The molecule has 0 saturated carbocycles. The Labute approximate surface area is 278 Å². The third-order valence-corrected chi connectivity index (χ3v) is 9.45. The highest BCUT2D eigenvalue weighted by Crippen LogP contribution is 2.41. The first-order valence-electron chi connectivity index (χ1n) is 17.2. The number of benzene rings is 2. The Morgan fingerprint density at radius 1 is 0.936 bits per heavy atom. The van der Waals surface area contributed by atoms with Crippen LogP contribution < -0.4 is 4.90 Å². The summed E-state index contributed by atoms with van der Waals surface area (Å²) in [4.78, 5) is 16.7. The van der Waals surface area contributed by atoms with Gasteiger partial charge in [-0.1, -0.05) is 24.3 Å². The Morgan fingerprint density at radius 2 is 1.55 bits per heavy atom. The van der Waals surface area contributed by atoms with Gasteiger partial charge in [-0.25, -0.2) is 4.79 Å². The van der Waals surface area contributed by atoms with E-state index in [2.05, 4.69) is 74.1 Å². The van der Waals surface area contributed by atoms with E-state index >= 15 is 4.39 Å². The molecule has 2 aromatic carbocycles. The number of hydrogen-bond donors (Lipinski definition) is 0. The summed E-state index contributed by atoms with van der Waals surface area (Å²) in [6, 6.07) is 14.9. The Morgan fingerprint density at radius 3 is 2.17 bits per heavy atom. The quantitative estimate of drug-likeness (QED) is 0.280. The molecular weight excluding hydrogens is 595 g/mol. The van der Waals surface area contributed by atoms with E-state index in [0.29, 0.717) is 31.7 Å². The topological polar surface area (TPSA) is 69.1 Å². The Bertz CT molecular complexity index is 1590. The molecule has 0 atom stereocenters. The second-order valence-corrected chi connectivity index (χ2v) is 15.7. The number of halogens is 1. The molecule has 3 fully saturated rings. The summed E-state index contributed by atoms with van der Waals surface area (Å²) in [5.74, 6) is -0.142. The molecule has 0 unspecified atom stereocenters. The predicted octanol–water partition coefficient (Wildman–Crippen LogP) is 8.00. The van der Waals surface area contributed by atoms with Crippen molar-refractivity contribution >= 4 is 28.3 Å². The number of fused-ring (bicyclic) bond motifs is 1. The van der Waals surface area contributed by atoms with Crippen molar-refractivity contribution < 1.29 is 23.4 Å². The van der Waals surface area contributed by atoms with Crippen molar-refractivity contribution in [2.45, 2.75) is 97.0 Å². The van der Waals surface area contributed by atoms with Crippen LogP contribution in [-0.4, -0.2) is 77.0 Å². The molecule has 0 spiro atoms. The standard InChI is InChI=1S/C38H51FN4O4/c1-36(2,3)46-35(44)42-18-16-41(17-19-42)29-11-8-27(9-12-29)31(22-26-24-37(4,5)47-38(6,7)25-26)28-10-13-33-32(23-28)34(39)40-43(33)30-14-20-45-21-15-30/h8-13,22-23,26,30H,14-21,24-25H2,1-7H3. The van der Waals surface area contributed by atoms with Gasteiger partial charge in [0.1, 0.15) is 5.60 Å². The summed E-state index contributed by atoms with van der Waals surface area (Å²) >= 11 is 0. The van der Waals surface area contributed by atoms with E-state index in [4.69, 9.17) is 14.2 Å².